The number of hydrogen-bond donors (Lipinski definition) is 1. The van der Waals surface area contributed by atoms with E-state index in [1.165, 1.54) is 25.0 Å². The molecule has 2 aliphatic heterocycles. The van der Waals surface area contributed by atoms with Gasteiger partial charge in [0.1, 0.15) is 12.4 Å². The molecule has 4 rings (SSSR count). The van der Waals surface area contributed by atoms with Crippen molar-refractivity contribution < 1.29 is 23.9 Å². The lowest BCUT2D eigenvalue weighted by atomic mass is 9.95. The molecule has 2 aromatic rings. The van der Waals surface area contributed by atoms with E-state index >= 15 is 0 Å². The van der Waals surface area contributed by atoms with Crippen LogP contribution in [-0.4, -0.2) is 73.4 Å². The second-order valence-electron chi connectivity index (χ2n) is 11.1. The summed E-state index contributed by atoms with van der Waals surface area (Å²) in [5.74, 6) is 1.81. The monoisotopic (exact) mass is 542 g/mol. The Morgan fingerprint density at radius 2 is 1.92 bits per heavy atom. The summed E-state index contributed by atoms with van der Waals surface area (Å²) in [6.07, 6.45) is 2.41. The summed E-state index contributed by atoms with van der Waals surface area (Å²) in [6.45, 7) is 11.3. The standard InChI is InChI=1S/C29H42N4O6/c1-6-37-27-13-21(16-30-19-29(2,3)32-11-9-24(10-12-32)31(4)5)7-8-26(27)38-18-23-15-25(33(34)35)14-22-17-36-20-39-28(22)23/h7-8,13-15,24,30H,6,9-12,16-20H2,1-5H3. The largest absolute Gasteiger partial charge is 0.490 e. The van der Waals surface area contributed by atoms with Crippen LogP contribution in [0, 0.1) is 10.1 Å². The number of benzene rings is 2. The number of fused-ring (bicyclic) bond motifs is 1. The molecule has 0 saturated carbocycles. The smallest absolute Gasteiger partial charge is 0.270 e. The minimum Gasteiger partial charge on any atom is -0.490 e. The summed E-state index contributed by atoms with van der Waals surface area (Å²) in [5.41, 5.74) is 2.39. The van der Waals surface area contributed by atoms with Gasteiger partial charge < -0.3 is 29.2 Å². The number of piperidine rings is 1. The topological polar surface area (TPSA) is 98.6 Å². The summed E-state index contributed by atoms with van der Waals surface area (Å²) in [4.78, 5) is 15.9. The molecule has 0 unspecified atom stereocenters. The molecule has 0 bridgehead atoms. The predicted octanol–water partition coefficient (Wildman–Crippen LogP) is 4.33. The molecule has 2 aliphatic rings. The molecule has 0 aliphatic carbocycles. The molecule has 0 spiro atoms. The van der Waals surface area contributed by atoms with Crippen LogP contribution in [0.15, 0.2) is 30.3 Å². The molecule has 1 fully saturated rings. The molecule has 1 N–H and O–H groups in total. The zero-order valence-electron chi connectivity index (χ0n) is 23.8. The number of nitrogens with zero attached hydrogens (tertiary/aromatic N) is 3. The van der Waals surface area contributed by atoms with Crippen LogP contribution < -0.4 is 19.5 Å². The van der Waals surface area contributed by atoms with E-state index < -0.39 is 4.92 Å². The molecule has 10 nitrogen and oxygen atoms in total. The van der Waals surface area contributed by atoms with E-state index in [0.29, 0.717) is 47.6 Å². The van der Waals surface area contributed by atoms with Gasteiger partial charge in [-0.1, -0.05) is 6.07 Å². The second-order valence-corrected chi connectivity index (χ2v) is 11.1. The first kappa shape index (κ1) is 29.1. The molecule has 2 heterocycles. The van der Waals surface area contributed by atoms with Gasteiger partial charge in [0, 0.05) is 61.0 Å². The van der Waals surface area contributed by atoms with Crippen molar-refractivity contribution >= 4 is 5.69 Å². The summed E-state index contributed by atoms with van der Waals surface area (Å²) in [7, 11) is 4.34. The highest BCUT2D eigenvalue weighted by molar-refractivity contribution is 5.51. The lowest BCUT2D eigenvalue weighted by Crippen LogP contribution is -2.55. The first-order valence-electron chi connectivity index (χ1n) is 13.7. The summed E-state index contributed by atoms with van der Waals surface area (Å²) < 4.78 is 22.9. The van der Waals surface area contributed by atoms with Crippen molar-refractivity contribution in [2.75, 3.05) is 47.1 Å². The van der Waals surface area contributed by atoms with E-state index in [4.69, 9.17) is 18.9 Å². The number of ether oxygens (including phenoxy) is 4. The van der Waals surface area contributed by atoms with E-state index in [2.05, 4.69) is 43.1 Å². The Morgan fingerprint density at radius 1 is 1.15 bits per heavy atom. The van der Waals surface area contributed by atoms with Crippen LogP contribution in [0.4, 0.5) is 5.69 Å². The maximum atomic E-state index is 11.4. The van der Waals surface area contributed by atoms with Gasteiger partial charge in [0.2, 0.25) is 0 Å². The van der Waals surface area contributed by atoms with Crippen molar-refractivity contribution in [3.63, 3.8) is 0 Å². The number of nitrogens with one attached hydrogen (secondary N) is 1. The van der Waals surface area contributed by atoms with Crippen molar-refractivity contribution in [2.24, 2.45) is 0 Å². The molecule has 214 valence electrons. The van der Waals surface area contributed by atoms with Crippen LogP contribution in [0.3, 0.4) is 0 Å². The van der Waals surface area contributed by atoms with Crippen LogP contribution in [-0.2, 0) is 24.5 Å². The van der Waals surface area contributed by atoms with Gasteiger partial charge in [-0.2, -0.15) is 0 Å². The van der Waals surface area contributed by atoms with E-state index in [1.807, 2.05) is 25.1 Å². The van der Waals surface area contributed by atoms with Gasteiger partial charge >= 0.3 is 0 Å². The quantitative estimate of drug-likeness (QED) is 0.310. The minimum atomic E-state index is -0.418. The predicted molar refractivity (Wildman–Crippen MR) is 149 cm³/mol. The Bertz CT molecular complexity index is 1130. The van der Waals surface area contributed by atoms with Gasteiger partial charge in [-0.05, 0) is 65.4 Å². The Balaban J connectivity index is 1.37. The summed E-state index contributed by atoms with van der Waals surface area (Å²) >= 11 is 0. The van der Waals surface area contributed by atoms with Gasteiger partial charge in [0.15, 0.2) is 18.3 Å². The number of hydrogen-bond acceptors (Lipinski definition) is 9. The molecule has 39 heavy (non-hydrogen) atoms. The maximum absolute atomic E-state index is 11.4. The highest BCUT2D eigenvalue weighted by Gasteiger charge is 2.31. The Morgan fingerprint density at radius 3 is 2.62 bits per heavy atom. The third kappa shape index (κ3) is 7.39. The lowest BCUT2D eigenvalue weighted by Gasteiger charge is -2.44. The zero-order valence-corrected chi connectivity index (χ0v) is 23.8. The normalized spacial score (nSPS) is 16.6. The Kier molecular flexibility index (Phi) is 9.66. The molecular weight excluding hydrogens is 500 g/mol. The van der Waals surface area contributed by atoms with E-state index in [9.17, 15) is 10.1 Å². The van der Waals surface area contributed by atoms with Crippen molar-refractivity contribution in [1.82, 2.24) is 15.1 Å². The third-order valence-electron chi connectivity index (χ3n) is 7.61. The third-order valence-corrected chi connectivity index (χ3v) is 7.61. The molecule has 10 heteroatoms. The molecule has 2 aromatic carbocycles. The fourth-order valence-corrected chi connectivity index (χ4v) is 5.31. The fourth-order valence-electron chi connectivity index (χ4n) is 5.31. The average molecular weight is 543 g/mol. The minimum absolute atomic E-state index is 0.0158. The van der Waals surface area contributed by atoms with Crippen LogP contribution in [0.1, 0.15) is 50.3 Å². The van der Waals surface area contributed by atoms with Gasteiger partial charge in [-0.15, -0.1) is 0 Å². The second kappa shape index (κ2) is 13.0. The van der Waals surface area contributed by atoms with Crippen LogP contribution in [0.25, 0.3) is 0 Å². The van der Waals surface area contributed by atoms with Gasteiger partial charge in [0.25, 0.3) is 5.69 Å². The molecule has 1 saturated heterocycles. The van der Waals surface area contributed by atoms with Crippen LogP contribution in [0.2, 0.25) is 0 Å². The van der Waals surface area contributed by atoms with Crippen molar-refractivity contribution in [3.8, 4) is 17.2 Å². The number of likely N-dealkylation sites (tertiary alicyclic amines) is 1. The Hall–Kier alpha value is -2.92. The van der Waals surface area contributed by atoms with Gasteiger partial charge in [-0.25, -0.2) is 0 Å². The van der Waals surface area contributed by atoms with E-state index in [0.717, 1.165) is 25.2 Å². The van der Waals surface area contributed by atoms with Gasteiger partial charge in [0.05, 0.1) is 18.1 Å². The highest BCUT2D eigenvalue weighted by atomic mass is 16.7. The number of rotatable bonds is 12. The van der Waals surface area contributed by atoms with Crippen LogP contribution >= 0.6 is 0 Å². The zero-order chi connectivity index (χ0) is 28.0. The highest BCUT2D eigenvalue weighted by Crippen LogP contribution is 2.35. The van der Waals surface area contributed by atoms with Crippen molar-refractivity contribution in [1.29, 1.82) is 0 Å². The summed E-state index contributed by atoms with van der Waals surface area (Å²) in [5, 5.41) is 15.0. The Labute approximate surface area is 231 Å². The van der Waals surface area contributed by atoms with Gasteiger partial charge in [-0.3, -0.25) is 15.0 Å². The SMILES string of the molecule is CCOc1cc(CNCC(C)(C)N2CCC(N(C)C)CC2)ccc1OCc1cc([N+](=O)[O-])cc2c1OCOC2. The molecule has 0 atom stereocenters. The number of nitro groups is 1. The first-order valence-corrected chi connectivity index (χ1v) is 13.7. The lowest BCUT2D eigenvalue weighted by molar-refractivity contribution is -0.385. The van der Waals surface area contributed by atoms with E-state index in [-0.39, 0.29) is 31.2 Å². The number of nitro benzene ring substituents is 1. The van der Waals surface area contributed by atoms with Crippen molar-refractivity contribution in [2.45, 2.75) is 65.0 Å². The fraction of sp³-hybridized carbons (Fsp3) is 0.586. The molecule has 0 aromatic heterocycles. The van der Waals surface area contributed by atoms with Crippen LogP contribution in [0.5, 0.6) is 17.2 Å². The summed E-state index contributed by atoms with van der Waals surface area (Å²) in [6, 6.07) is 9.56. The van der Waals surface area contributed by atoms with E-state index in [1.54, 1.807) is 0 Å². The molecule has 0 amide bonds. The average Bonchev–Trinajstić information content (AvgIpc) is 2.92. The first-order chi connectivity index (χ1) is 18.7. The maximum Gasteiger partial charge on any atom is 0.270 e. The van der Waals surface area contributed by atoms with Crippen molar-refractivity contribution in [3.05, 3.63) is 57.1 Å². The number of non-ortho nitro benzene ring substituents is 1. The molecule has 0 radical (unpaired) electrons. The molecular formula is C29H42N4O6.